The summed E-state index contributed by atoms with van der Waals surface area (Å²) in [7, 11) is 0. The molecular weight excluding hydrogens is 419 g/mol. The summed E-state index contributed by atoms with van der Waals surface area (Å²) in [6.07, 6.45) is 2.23. The van der Waals surface area contributed by atoms with Gasteiger partial charge in [0.05, 0.1) is 5.57 Å². The van der Waals surface area contributed by atoms with Crippen LogP contribution >= 0.6 is 11.6 Å². The minimum Gasteiger partial charge on any atom is -0.384 e. The molecule has 0 atom stereocenters. The second-order valence-electron chi connectivity index (χ2n) is 7.09. The number of nitrogens with zero attached hydrogens (tertiary/aromatic N) is 1. The minimum absolute atomic E-state index is 0.0350. The second kappa shape index (κ2) is 8.71. The highest BCUT2D eigenvalue weighted by atomic mass is 35.5. The molecule has 156 valence electrons. The smallest absolute Gasteiger partial charge is 0.285 e. The zero-order valence-corrected chi connectivity index (χ0v) is 17.1. The first-order valence-corrected chi connectivity index (χ1v) is 9.98. The molecule has 0 bridgehead atoms. The number of hydroxylamine groups is 2. The fourth-order valence-electron chi connectivity index (χ4n) is 3.42. The van der Waals surface area contributed by atoms with E-state index >= 15 is 0 Å². The third kappa shape index (κ3) is 4.50. The summed E-state index contributed by atoms with van der Waals surface area (Å²) in [6.45, 7) is 0.772. The summed E-state index contributed by atoms with van der Waals surface area (Å²) in [5.74, 6) is -2.18. The van der Waals surface area contributed by atoms with Gasteiger partial charge in [-0.1, -0.05) is 35.9 Å². The number of amides is 2. The van der Waals surface area contributed by atoms with Crippen LogP contribution in [0.15, 0.2) is 66.7 Å². The third-order valence-corrected chi connectivity index (χ3v) is 5.23. The molecule has 4 rings (SSSR count). The Kier molecular flexibility index (Phi) is 5.84. The molecule has 0 spiro atoms. The maximum absolute atomic E-state index is 13.3. The molecule has 2 N–H and O–H groups in total. The van der Waals surface area contributed by atoms with E-state index in [0.717, 1.165) is 24.2 Å². The topological polar surface area (TPSA) is 69.6 Å². The Hall–Kier alpha value is -3.48. The van der Waals surface area contributed by atoms with Crippen molar-refractivity contribution in [2.75, 3.05) is 11.9 Å². The van der Waals surface area contributed by atoms with Crippen molar-refractivity contribution in [3.63, 3.8) is 0 Å². The average Bonchev–Trinajstić information content (AvgIpc) is 3.25. The maximum atomic E-state index is 13.3. The Labute approximate surface area is 183 Å². The lowest BCUT2D eigenvalue weighted by Crippen LogP contribution is -2.34. The maximum Gasteiger partial charge on any atom is 0.285 e. The standard InChI is InChI=1S/C24H18ClFN2O3/c25-19-3-1-2-16(14-19)21(12-15-4-7-20(26)8-5-15)24(30)28(31)23(29)18-6-9-22-17(13-18)10-11-27-22/h1-9,12-14,27,31H,10-11H2. The second-order valence-corrected chi connectivity index (χ2v) is 7.53. The number of imide groups is 1. The Morgan fingerprint density at radius 1 is 1.03 bits per heavy atom. The van der Waals surface area contributed by atoms with Gasteiger partial charge in [-0.3, -0.25) is 14.8 Å². The van der Waals surface area contributed by atoms with E-state index in [0.29, 0.717) is 16.1 Å². The van der Waals surface area contributed by atoms with E-state index in [1.54, 1.807) is 42.5 Å². The van der Waals surface area contributed by atoms with Crippen LogP contribution in [0.3, 0.4) is 0 Å². The van der Waals surface area contributed by atoms with E-state index in [1.165, 1.54) is 30.3 Å². The molecule has 1 aliphatic rings. The van der Waals surface area contributed by atoms with Crippen LogP contribution in [0.5, 0.6) is 0 Å². The number of carbonyl (C=O) groups is 2. The van der Waals surface area contributed by atoms with Crippen LogP contribution in [0, 0.1) is 5.82 Å². The molecule has 1 heterocycles. The number of carbonyl (C=O) groups excluding carboxylic acids is 2. The highest BCUT2D eigenvalue weighted by molar-refractivity contribution is 6.32. The molecule has 31 heavy (non-hydrogen) atoms. The number of rotatable bonds is 4. The Morgan fingerprint density at radius 2 is 1.81 bits per heavy atom. The predicted octanol–water partition coefficient (Wildman–Crippen LogP) is 5.05. The van der Waals surface area contributed by atoms with Gasteiger partial charge in [0.25, 0.3) is 11.8 Å². The molecule has 0 saturated carbocycles. The van der Waals surface area contributed by atoms with E-state index in [-0.39, 0.29) is 16.2 Å². The van der Waals surface area contributed by atoms with E-state index in [9.17, 15) is 19.2 Å². The largest absolute Gasteiger partial charge is 0.384 e. The molecule has 5 nitrogen and oxygen atoms in total. The molecule has 0 fully saturated rings. The van der Waals surface area contributed by atoms with Crippen LogP contribution in [0.1, 0.15) is 27.0 Å². The fourth-order valence-corrected chi connectivity index (χ4v) is 3.61. The molecule has 0 unspecified atom stereocenters. The highest BCUT2D eigenvalue weighted by Gasteiger charge is 2.26. The minimum atomic E-state index is -0.921. The Balaban J connectivity index is 1.69. The van der Waals surface area contributed by atoms with Crippen LogP contribution in [0.2, 0.25) is 5.02 Å². The Bertz CT molecular complexity index is 1190. The van der Waals surface area contributed by atoms with Crippen molar-refractivity contribution in [2.24, 2.45) is 0 Å². The van der Waals surface area contributed by atoms with E-state index in [2.05, 4.69) is 5.32 Å². The molecule has 1 aliphatic heterocycles. The summed E-state index contributed by atoms with van der Waals surface area (Å²) in [4.78, 5) is 25.9. The van der Waals surface area contributed by atoms with Crippen molar-refractivity contribution in [2.45, 2.75) is 6.42 Å². The number of benzene rings is 3. The van der Waals surface area contributed by atoms with Gasteiger partial charge in [-0.15, -0.1) is 5.06 Å². The zero-order valence-electron chi connectivity index (χ0n) is 16.3. The van der Waals surface area contributed by atoms with Gasteiger partial charge in [-0.25, -0.2) is 4.39 Å². The zero-order chi connectivity index (χ0) is 22.0. The number of anilines is 1. The number of nitrogens with one attached hydrogen (secondary N) is 1. The normalized spacial score (nSPS) is 12.8. The molecule has 0 radical (unpaired) electrons. The first-order valence-electron chi connectivity index (χ1n) is 9.60. The van der Waals surface area contributed by atoms with Crippen molar-refractivity contribution in [3.8, 4) is 0 Å². The van der Waals surface area contributed by atoms with Crippen molar-refractivity contribution in [1.82, 2.24) is 5.06 Å². The van der Waals surface area contributed by atoms with Gasteiger partial charge in [0.2, 0.25) is 0 Å². The summed E-state index contributed by atoms with van der Waals surface area (Å²) in [5.41, 5.74) is 3.05. The van der Waals surface area contributed by atoms with Crippen LogP contribution in [-0.4, -0.2) is 28.6 Å². The Morgan fingerprint density at radius 3 is 2.55 bits per heavy atom. The van der Waals surface area contributed by atoms with E-state index in [1.807, 2.05) is 0 Å². The quantitative estimate of drug-likeness (QED) is 0.260. The predicted molar refractivity (Wildman–Crippen MR) is 117 cm³/mol. The van der Waals surface area contributed by atoms with Gasteiger partial charge >= 0.3 is 0 Å². The molecule has 3 aromatic carbocycles. The van der Waals surface area contributed by atoms with Gasteiger partial charge in [-0.05, 0) is 71.7 Å². The summed E-state index contributed by atoms with van der Waals surface area (Å²) >= 11 is 6.07. The average molecular weight is 437 g/mol. The highest BCUT2D eigenvalue weighted by Crippen LogP contribution is 2.26. The molecule has 7 heteroatoms. The fraction of sp³-hybridized carbons (Fsp3) is 0.0833. The monoisotopic (exact) mass is 436 g/mol. The van der Waals surface area contributed by atoms with Crippen LogP contribution < -0.4 is 5.32 Å². The molecule has 0 saturated heterocycles. The molecule has 0 aromatic heterocycles. The van der Waals surface area contributed by atoms with Gasteiger partial charge < -0.3 is 5.32 Å². The van der Waals surface area contributed by atoms with Gasteiger partial charge in [0.1, 0.15) is 5.82 Å². The van der Waals surface area contributed by atoms with Crippen molar-refractivity contribution in [3.05, 3.63) is 99.8 Å². The van der Waals surface area contributed by atoms with Crippen LogP contribution in [-0.2, 0) is 11.2 Å². The lowest BCUT2D eigenvalue weighted by atomic mass is 10.0. The number of hydrogen-bond donors (Lipinski definition) is 2. The SMILES string of the molecule is O=C(C(=Cc1ccc(F)cc1)c1cccc(Cl)c1)N(O)C(=O)c1ccc2c(c1)CCN2. The lowest BCUT2D eigenvalue weighted by molar-refractivity contribution is -0.146. The van der Waals surface area contributed by atoms with Gasteiger partial charge in [0.15, 0.2) is 0 Å². The van der Waals surface area contributed by atoms with E-state index < -0.39 is 17.6 Å². The molecular formula is C24H18ClFN2O3. The van der Waals surface area contributed by atoms with Crippen molar-refractivity contribution < 1.29 is 19.2 Å². The summed E-state index contributed by atoms with van der Waals surface area (Å²) in [5, 5.41) is 14.2. The van der Waals surface area contributed by atoms with Crippen LogP contribution in [0.4, 0.5) is 10.1 Å². The molecule has 2 amide bonds. The van der Waals surface area contributed by atoms with Crippen molar-refractivity contribution in [1.29, 1.82) is 0 Å². The van der Waals surface area contributed by atoms with Crippen LogP contribution in [0.25, 0.3) is 11.6 Å². The van der Waals surface area contributed by atoms with Gasteiger partial charge in [-0.2, -0.15) is 0 Å². The number of fused-ring (bicyclic) bond motifs is 1. The number of halogens is 2. The third-order valence-electron chi connectivity index (χ3n) is 4.99. The first-order chi connectivity index (χ1) is 14.9. The number of hydrogen-bond acceptors (Lipinski definition) is 4. The summed E-state index contributed by atoms with van der Waals surface area (Å²) in [6, 6.07) is 16.9. The van der Waals surface area contributed by atoms with Crippen molar-refractivity contribution >= 4 is 40.8 Å². The summed E-state index contributed by atoms with van der Waals surface area (Å²) < 4.78 is 13.3. The molecule has 3 aromatic rings. The molecule has 0 aliphatic carbocycles. The lowest BCUT2D eigenvalue weighted by Gasteiger charge is -2.16. The first kappa shape index (κ1) is 20.8. The van der Waals surface area contributed by atoms with Gasteiger partial charge in [0, 0.05) is 22.8 Å². The van der Waals surface area contributed by atoms with E-state index in [4.69, 9.17) is 11.6 Å².